The number of fused-ring (bicyclic) bond motifs is 1. The second-order valence-electron chi connectivity index (χ2n) is 6.56. The highest BCUT2D eigenvalue weighted by Gasteiger charge is 2.19. The summed E-state index contributed by atoms with van der Waals surface area (Å²) in [5.74, 6) is -0.903. The molecule has 0 aliphatic carbocycles. The minimum Gasteiger partial charge on any atom is -0.491 e. The number of pyridine rings is 1. The fourth-order valence-electron chi connectivity index (χ4n) is 2.79. The topological polar surface area (TPSA) is 103 Å². The maximum Gasteiger partial charge on any atom is 0.339 e. The number of primary amides is 1. The van der Waals surface area contributed by atoms with Gasteiger partial charge in [-0.25, -0.2) is 4.79 Å². The number of nitrogens with zero attached hydrogens (tertiary/aromatic N) is 4. The maximum absolute atomic E-state index is 13.2. The third-order valence-corrected chi connectivity index (χ3v) is 4.87. The summed E-state index contributed by atoms with van der Waals surface area (Å²) in [5.41, 5.74) is 6.61. The molecule has 0 bridgehead atoms. The van der Waals surface area contributed by atoms with E-state index in [0.717, 1.165) is 26.7 Å². The van der Waals surface area contributed by atoms with Gasteiger partial charge in [0.15, 0.2) is 0 Å². The van der Waals surface area contributed by atoms with Crippen molar-refractivity contribution in [3.8, 4) is 5.75 Å². The van der Waals surface area contributed by atoms with Crippen LogP contribution in [0.15, 0.2) is 47.2 Å². The zero-order valence-corrected chi connectivity index (χ0v) is 18.0. The van der Waals surface area contributed by atoms with Crippen molar-refractivity contribution in [1.82, 2.24) is 14.8 Å². The van der Waals surface area contributed by atoms with Gasteiger partial charge in [-0.15, -0.1) is 0 Å². The molecule has 2 amide bonds. The molecule has 0 fully saturated rings. The summed E-state index contributed by atoms with van der Waals surface area (Å²) in [4.78, 5) is 27.0. The number of benzene rings is 1. The Hall–Kier alpha value is -3.34. The quantitative estimate of drug-likeness (QED) is 0.551. The molecule has 1 aromatic carbocycles. The first-order valence-electron chi connectivity index (χ1n) is 9.08. The van der Waals surface area contributed by atoms with Gasteiger partial charge < -0.3 is 15.4 Å². The number of nitrogens with two attached hydrogens (primary N) is 1. The second-order valence-corrected chi connectivity index (χ2v) is 7.47. The Bertz CT molecular complexity index is 1120. The molecule has 0 saturated carbocycles. The first-order valence-corrected chi connectivity index (χ1v) is 9.87. The van der Waals surface area contributed by atoms with Gasteiger partial charge in [0.1, 0.15) is 5.75 Å². The van der Waals surface area contributed by atoms with Gasteiger partial charge >= 0.3 is 6.03 Å². The van der Waals surface area contributed by atoms with Crippen molar-refractivity contribution in [2.45, 2.75) is 12.8 Å². The van der Waals surface area contributed by atoms with E-state index in [1.165, 1.54) is 18.5 Å². The fourth-order valence-corrected chi connectivity index (χ4v) is 3.14. The summed E-state index contributed by atoms with van der Waals surface area (Å²) in [6, 6.07) is 7.29. The molecule has 11 heteroatoms. The standard InChI is InChI=1S/C10H10BrNO2.C10H8F2N4O/c1-12-8-6-7(11)2-3-9(8)14-5-4-10(12)13;11-8-2-1-7(9(12)15-8)3-6-4-14-16(5-6)10(13)17/h2-3,6H,4-5H2,1H3;1-2,4-5H,3H2,(H2,13,17). The number of amides is 2. The van der Waals surface area contributed by atoms with E-state index < -0.39 is 17.9 Å². The molecule has 0 spiro atoms. The molecule has 3 aromatic rings. The lowest BCUT2D eigenvalue weighted by atomic mass is 10.1. The molecule has 0 unspecified atom stereocenters. The fraction of sp³-hybridized carbons (Fsp3) is 0.200. The summed E-state index contributed by atoms with van der Waals surface area (Å²) >= 11 is 3.37. The molecule has 31 heavy (non-hydrogen) atoms. The Morgan fingerprint density at radius 1 is 1.29 bits per heavy atom. The summed E-state index contributed by atoms with van der Waals surface area (Å²) in [6.45, 7) is 0.456. The molecule has 0 saturated heterocycles. The van der Waals surface area contributed by atoms with Crippen molar-refractivity contribution in [2.75, 3.05) is 18.6 Å². The highest BCUT2D eigenvalue weighted by molar-refractivity contribution is 9.10. The first-order chi connectivity index (χ1) is 14.7. The van der Waals surface area contributed by atoms with E-state index in [2.05, 4.69) is 26.0 Å². The van der Waals surface area contributed by atoms with E-state index in [1.807, 2.05) is 18.2 Å². The molecule has 0 atom stereocenters. The third kappa shape index (κ3) is 5.63. The Balaban J connectivity index is 0.000000179. The highest BCUT2D eigenvalue weighted by atomic mass is 79.9. The smallest absolute Gasteiger partial charge is 0.339 e. The van der Waals surface area contributed by atoms with Gasteiger partial charge in [-0.1, -0.05) is 15.9 Å². The molecule has 162 valence electrons. The van der Waals surface area contributed by atoms with Crippen LogP contribution < -0.4 is 15.4 Å². The van der Waals surface area contributed by atoms with Crippen molar-refractivity contribution in [1.29, 1.82) is 0 Å². The van der Waals surface area contributed by atoms with Crippen molar-refractivity contribution in [2.24, 2.45) is 5.73 Å². The van der Waals surface area contributed by atoms with E-state index >= 15 is 0 Å². The summed E-state index contributed by atoms with van der Waals surface area (Å²) in [5, 5.41) is 3.68. The van der Waals surface area contributed by atoms with Crippen LogP contribution in [0.3, 0.4) is 0 Å². The second kappa shape index (κ2) is 9.65. The average molecular weight is 494 g/mol. The van der Waals surface area contributed by atoms with Crippen LogP contribution in [0.25, 0.3) is 0 Å². The molecular weight excluding hydrogens is 476 g/mol. The van der Waals surface area contributed by atoms with E-state index in [9.17, 15) is 18.4 Å². The average Bonchev–Trinajstić information content (AvgIpc) is 3.15. The summed E-state index contributed by atoms with van der Waals surface area (Å²) in [6.07, 6.45) is 3.36. The lowest BCUT2D eigenvalue weighted by molar-refractivity contribution is -0.118. The molecule has 8 nitrogen and oxygen atoms in total. The number of hydrogen-bond donors (Lipinski definition) is 1. The van der Waals surface area contributed by atoms with Crippen LogP contribution in [0.2, 0.25) is 0 Å². The zero-order valence-electron chi connectivity index (χ0n) is 16.4. The number of carbonyl (C=O) groups excluding carboxylic acids is 2. The van der Waals surface area contributed by atoms with Crippen LogP contribution >= 0.6 is 15.9 Å². The zero-order chi connectivity index (χ0) is 22.5. The maximum atomic E-state index is 13.2. The monoisotopic (exact) mass is 493 g/mol. The highest BCUT2D eigenvalue weighted by Crippen LogP contribution is 2.32. The number of aromatic nitrogens is 3. The van der Waals surface area contributed by atoms with Gasteiger partial charge in [0.05, 0.1) is 24.9 Å². The molecule has 4 rings (SSSR count). The lowest BCUT2D eigenvalue weighted by Gasteiger charge is -2.16. The largest absolute Gasteiger partial charge is 0.491 e. The number of ether oxygens (including phenoxy) is 1. The summed E-state index contributed by atoms with van der Waals surface area (Å²) in [7, 11) is 1.77. The predicted molar refractivity (Wildman–Crippen MR) is 112 cm³/mol. The van der Waals surface area contributed by atoms with E-state index in [1.54, 1.807) is 11.9 Å². The molecule has 1 aliphatic heterocycles. The Labute approximate surface area is 184 Å². The van der Waals surface area contributed by atoms with Crippen LogP contribution in [-0.2, 0) is 11.2 Å². The van der Waals surface area contributed by atoms with Crippen LogP contribution in [-0.4, -0.2) is 40.4 Å². The Kier molecular flexibility index (Phi) is 6.95. The Morgan fingerprint density at radius 2 is 2.06 bits per heavy atom. The summed E-state index contributed by atoms with van der Waals surface area (Å²) < 4.78 is 33.1. The molecule has 2 N–H and O–H groups in total. The Morgan fingerprint density at radius 3 is 2.74 bits per heavy atom. The van der Waals surface area contributed by atoms with Gasteiger partial charge in [-0.05, 0) is 35.9 Å². The van der Waals surface area contributed by atoms with E-state index in [4.69, 9.17) is 10.5 Å². The minimum atomic E-state index is -0.878. The van der Waals surface area contributed by atoms with Crippen LogP contribution in [0.5, 0.6) is 5.75 Å². The van der Waals surface area contributed by atoms with Crippen molar-refractivity contribution >= 4 is 33.6 Å². The third-order valence-electron chi connectivity index (χ3n) is 4.38. The lowest BCUT2D eigenvalue weighted by Crippen LogP contribution is -2.25. The molecular formula is C20H18BrF2N5O3. The predicted octanol–water partition coefficient (Wildman–Crippen LogP) is 3.27. The minimum absolute atomic E-state index is 0.0850. The molecule has 0 radical (unpaired) electrons. The van der Waals surface area contributed by atoms with E-state index in [0.29, 0.717) is 18.6 Å². The number of hydrogen-bond acceptors (Lipinski definition) is 5. The molecule has 2 aromatic heterocycles. The number of anilines is 1. The molecule has 1 aliphatic rings. The van der Waals surface area contributed by atoms with Crippen LogP contribution in [0.1, 0.15) is 17.5 Å². The van der Waals surface area contributed by atoms with Crippen molar-refractivity contribution < 1.29 is 23.1 Å². The normalized spacial score (nSPS) is 12.9. The SMILES string of the molecule is CN1C(=O)CCOc2ccc(Br)cc21.NC(=O)n1cc(Cc2ccc(F)nc2F)cn1. The first kappa shape index (κ1) is 22.3. The van der Waals surface area contributed by atoms with Crippen LogP contribution in [0.4, 0.5) is 19.3 Å². The van der Waals surface area contributed by atoms with Gasteiger partial charge in [0, 0.05) is 29.7 Å². The number of rotatable bonds is 2. The van der Waals surface area contributed by atoms with Crippen molar-refractivity contribution in [3.63, 3.8) is 0 Å². The van der Waals surface area contributed by atoms with Crippen molar-refractivity contribution in [3.05, 3.63) is 70.2 Å². The van der Waals surface area contributed by atoms with Gasteiger partial charge in [-0.3, -0.25) is 4.79 Å². The van der Waals surface area contributed by atoms with E-state index in [-0.39, 0.29) is 17.9 Å². The van der Waals surface area contributed by atoms with Gasteiger partial charge in [-0.2, -0.15) is 23.5 Å². The van der Waals surface area contributed by atoms with Gasteiger partial charge in [0.25, 0.3) is 0 Å². The van der Waals surface area contributed by atoms with Crippen LogP contribution in [0, 0.1) is 11.9 Å². The van der Waals surface area contributed by atoms with Gasteiger partial charge in [0.2, 0.25) is 17.8 Å². The number of carbonyl (C=O) groups is 2. The molecule has 3 heterocycles. The number of halogens is 3.